The Hall–Kier alpha value is -2.92. The zero-order valence-corrected chi connectivity index (χ0v) is 15.5. The molecule has 3 N–H and O–H groups in total. The summed E-state index contributed by atoms with van der Waals surface area (Å²) in [6, 6.07) is 6.15. The lowest BCUT2D eigenvalue weighted by atomic mass is 10.1. The molecule has 11 heteroatoms. The Labute approximate surface area is 153 Å². The van der Waals surface area contributed by atoms with Gasteiger partial charge in [0.1, 0.15) is 0 Å². The van der Waals surface area contributed by atoms with Crippen molar-refractivity contribution < 1.29 is 8.42 Å². The summed E-state index contributed by atoms with van der Waals surface area (Å²) in [5.41, 5.74) is 0.348. The minimum absolute atomic E-state index is 0.0173. The standard InChI is InChI=1S/C16H18N6O4S/c1-9-7-21(10-3-5-11(6-4-10)27(17,25)26)15-18-13-12(22(15)8-9)14(23)19-16(24)20(13)2/h3-6,9H,7-8H2,1-2H3,(H2,17,25,26)(H,19,23,24)/t9-/m1/s1. The fourth-order valence-electron chi connectivity index (χ4n) is 3.40. The Morgan fingerprint density at radius 3 is 2.48 bits per heavy atom. The average Bonchev–Trinajstić information content (AvgIpc) is 2.98. The Balaban J connectivity index is 1.92. The molecular formula is C16H18N6O4S. The second-order valence-electron chi connectivity index (χ2n) is 6.77. The Morgan fingerprint density at radius 2 is 1.85 bits per heavy atom. The summed E-state index contributed by atoms with van der Waals surface area (Å²) >= 11 is 0. The molecule has 0 amide bonds. The first kappa shape index (κ1) is 17.5. The number of H-pyrrole nitrogens is 1. The smallest absolute Gasteiger partial charge is 0.312 e. The van der Waals surface area contributed by atoms with E-state index >= 15 is 0 Å². The highest BCUT2D eigenvalue weighted by Crippen LogP contribution is 2.33. The van der Waals surface area contributed by atoms with Crippen molar-refractivity contribution in [2.24, 2.45) is 18.1 Å². The summed E-state index contributed by atoms with van der Waals surface area (Å²) in [6.45, 7) is 3.25. The van der Waals surface area contributed by atoms with Crippen LogP contribution in [0.5, 0.6) is 0 Å². The number of aryl methyl sites for hydroxylation is 1. The number of hydrogen-bond acceptors (Lipinski definition) is 6. The van der Waals surface area contributed by atoms with E-state index in [2.05, 4.69) is 9.97 Å². The predicted molar refractivity (Wildman–Crippen MR) is 99.6 cm³/mol. The lowest BCUT2D eigenvalue weighted by Crippen LogP contribution is -2.35. The number of hydrogen-bond donors (Lipinski definition) is 2. The van der Waals surface area contributed by atoms with Crippen LogP contribution in [0.1, 0.15) is 6.92 Å². The van der Waals surface area contributed by atoms with Crippen LogP contribution in [0, 0.1) is 5.92 Å². The van der Waals surface area contributed by atoms with Gasteiger partial charge in [0.25, 0.3) is 5.56 Å². The quantitative estimate of drug-likeness (QED) is 0.625. The SMILES string of the molecule is C[C@@H]1CN(c2ccc(S(N)(=O)=O)cc2)c2nc3c(c(=O)[nH]c(=O)n3C)n2C1. The number of benzene rings is 1. The summed E-state index contributed by atoms with van der Waals surface area (Å²) in [6.07, 6.45) is 0. The fraction of sp³-hybridized carbons (Fsp3) is 0.312. The number of nitrogens with one attached hydrogen (secondary N) is 1. The number of anilines is 2. The van der Waals surface area contributed by atoms with Crippen molar-refractivity contribution in [3.05, 3.63) is 45.1 Å². The lowest BCUT2D eigenvalue weighted by molar-refractivity contribution is 0.458. The van der Waals surface area contributed by atoms with E-state index in [9.17, 15) is 18.0 Å². The molecule has 1 atom stereocenters. The van der Waals surface area contributed by atoms with Gasteiger partial charge in [0.15, 0.2) is 11.2 Å². The van der Waals surface area contributed by atoms with Crippen LogP contribution in [0.4, 0.5) is 11.6 Å². The molecule has 1 aromatic carbocycles. The van der Waals surface area contributed by atoms with E-state index in [1.54, 1.807) is 23.7 Å². The van der Waals surface area contributed by atoms with Crippen LogP contribution in [0.3, 0.4) is 0 Å². The number of sulfonamides is 1. The molecule has 2 aromatic heterocycles. The van der Waals surface area contributed by atoms with Crippen LogP contribution in [0.15, 0.2) is 38.8 Å². The first-order valence-electron chi connectivity index (χ1n) is 8.27. The number of imidazole rings is 1. The van der Waals surface area contributed by atoms with Gasteiger partial charge in [-0.2, -0.15) is 4.98 Å². The third-order valence-corrected chi connectivity index (χ3v) is 5.62. The van der Waals surface area contributed by atoms with Crippen LogP contribution >= 0.6 is 0 Å². The predicted octanol–water partition coefficient (Wildman–Crippen LogP) is -0.141. The van der Waals surface area contributed by atoms with E-state index in [1.807, 2.05) is 11.8 Å². The van der Waals surface area contributed by atoms with Gasteiger partial charge in [-0.05, 0) is 30.2 Å². The van der Waals surface area contributed by atoms with E-state index in [4.69, 9.17) is 5.14 Å². The van der Waals surface area contributed by atoms with Gasteiger partial charge in [-0.15, -0.1) is 0 Å². The van der Waals surface area contributed by atoms with Crippen molar-refractivity contribution >= 4 is 32.8 Å². The van der Waals surface area contributed by atoms with Gasteiger partial charge in [0.05, 0.1) is 4.90 Å². The highest BCUT2D eigenvalue weighted by molar-refractivity contribution is 7.89. The molecule has 0 unspecified atom stereocenters. The molecule has 0 bridgehead atoms. The molecule has 1 aliphatic heterocycles. The summed E-state index contributed by atoms with van der Waals surface area (Å²) in [4.78, 5) is 33.0. The van der Waals surface area contributed by atoms with Gasteiger partial charge in [-0.25, -0.2) is 18.4 Å². The summed E-state index contributed by atoms with van der Waals surface area (Å²) in [5.74, 6) is 0.725. The zero-order chi connectivity index (χ0) is 19.5. The van der Waals surface area contributed by atoms with Crippen LogP contribution < -0.4 is 21.3 Å². The Morgan fingerprint density at radius 1 is 1.19 bits per heavy atom. The number of fused-ring (bicyclic) bond motifs is 3. The summed E-state index contributed by atoms with van der Waals surface area (Å²) < 4.78 is 26.0. The Kier molecular flexibility index (Phi) is 3.75. The Bertz CT molecular complexity index is 1270. The normalized spacial score (nSPS) is 17.3. The van der Waals surface area contributed by atoms with E-state index in [0.29, 0.717) is 35.9 Å². The number of aromatic nitrogens is 4. The third-order valence-electron chi connectivity index (χ3n) is 4.69. The summed E-state index contributed by atoms with van der Waals surface area (Å²) in [5, 5.41) is 5.15. The van der Waals surface area contributed by atoms with Gasteiger partial charge in [0.2, 0.25) is 16.0 Å². The zero-order valence-electron chi connectivity index (χ0n) is 14.7. The fourth-order valence-corrected chi connectivity index (χ4v) is 3.92. The van der Waals surface area contributed by atoms with E-state index in [-0.39, 0.29) is 10.8 Å². The van der Waals surface area contributed by atoms with Gasteiger partial charge in [0, 0.05) is 25.8 Å². The summed E-state index contributed by atoms with van der Waals surface area (Å²) in [7, 11) is -2.23. The molecule has 10 nitrogen and oxygen atoms in total. The van der Waals surface area contributed by atoms with Crippen LogP contribution in [-0.2, 0) is 23.6 Å². The van der Waals surface area contributed by atoms with Crippen LogP contribution in [-0.4, -0.2) is 34.1 Å². The maximum absolute atomic E-state index is 12.4. The average molecular weight is 390 g/mol. The van der Waals surface area contributed by atoms with Gasteiger partial charge in [-0.1, -0.05) is 6.92 Å². The topological polar surface area (TPSA) is 136 Å². The van der Waals surface area contributed by atoms with Crippen molar-refractivity contribution in [1.29, 1.82) is 0 Å². The molecule has 1 aliphatic rings. The maximum atomic E-state index is 12.4. The molecule has 0 saturated carbocycles. The third kappa shape index (κ3) is 2.75. The second-order valence-corrected chi connectivity index (χ2v) is 8.33. The van der Waals surface area contributed by atoms with E-state index < -0.39 is 21.3 Å². The molecule has 0 fully saturated rings. The number of nitrogens with zero attached hydrogens (tertiary/aromatic N) is 4. The van der Waals surface area contributed by atoms with Crippen molar-refractivity contribution in [3.63, 3.8) is 0 Å². The highest BCUT2D eigenvalue weighted by atomic mass is 32.2. The van der Waals surface area contributed by atoms with E-state index in [0.717, 1.165) is 0 Å². The van der Waals surface area contributed by atoms with Gasteiger partial charge in [-0.3, -0.25) is 14.3 Å². The molecule has 0 aliphatic carbocycles. The molecule has 4 rings (SSSR count). The molecule has 0 spiro atoms. The molecule has 142 valence electrons. The van der Waals surface area contributed by atoms with Crippen molar-refractivity contribution in [3.8, 4) is 0 Å². The minimum Gasteiger partial charge on any atom is -0.312 e. The maximum Gasteiger partial charge on any atom is 0.329 e. The lowest BCUT2D eigenvalue weighted by Gasteiger charge is -2.33. The number of rotatable bonds is 2. The monoisotopic (exact) mass is 390 g/mol. The molecular weight excluding hydrogens is 372 g/mol. The molecule has 3 heterocycles. The first-order valence-corrected chi connectivity index (χ1v) is 9.81. The van der Waals surface area contributed by atoms with Crippen molar-refractivity contribution in [2.75, 3.05) is 11.4 Å². The van der Waals surface area contributed by atoms with E-state index in [1.165, 1.54) is 16.7 Å². The van der Waals surface area contributed by atoms with Crippen molar-refractivity contribution in [2.45, 2.75) is 18.4 Å². The number of nitrogens with two attached hydrogens (primary N) is 1. The minimum atomic E-state index is -3.78. The molecule has 0 radical (unpaired) electrons. The van der Waals surface area contributed by atoms with Crippen LogP contribution in [0.25, 0.3) is 11.2 Å². The number of aromatic amines is 1. The van der Waals surface area contributed by atoms with Gasteiger partial charge < -0.3 is 9.47 Å². The van der Waals surface area contributed by atoms with Crippen LogP contribution in [0.2, 0.25) is 0 Å². The molecule has 0 saturated heterocycles. The first-order chi connectivity index (χ1) is 12.7. The van der Waals surface area contributed by atoms with Gasteiger partial charge >= 0.3 is 5.69 Å². The van der Waals surface area contributed by atoms with Crippen molar-refractivity contribution in [1.82, 2.24) is 19.1 Å². The highest BCUT2D eigenvalue weighted by Gasteiger charge is 2.29. The second kappa shape index (κ2) is 5.79. The largest absolute Gasteiger partial charge is 0.329 e. The number of primary sulfonamides is 1. The molecule has 27 heavy (non-hydrogen) atoms. The molecule has 3 aromatic rings.